The van der Waals surface area contributed by atoms with Crippen molar-refractivity contribution < 1.29 is 133 Å². The largest absolute Gasteiger partial charge is 0.481 e. The van der Waals surface area contributed by atoms with Crippen LogP contribution in [0.15, 0.2) is 24.5 Å². The fourth-order valence-electron chi connectivity index (χ4n) is 7.81. The fourth-order valence-corrected chi connectivity index (χ4v) is 7.81. The van der Waals surface area contributed by atoms with Crippen molar-refractivity contribution >= 4 is 17.8 Å². The summed E-state index contributed by atoms with van der Waals surface area (Å²) in [7, 11) is 1.72. The molecule has 2 heterocycles. The summed E-state index contributed by atoms with van der Waals surface area (Å²) >= 11 is 0. The van der Waals surface area contributed by atoms with Gasteiger partial charge in [0.25, 0.3) is 0 Å². The van der Waals surface area contributed by atoms with Gasteiger partial charge in [-0.25, -0.2) is 0 Å². The van der Waals surface area contributed by atoms with E-state index in [-0.39, 0.29) is 37.3 Å². The molecule has 1 aliphatic rings. The van der Waals surface area contributed by atoms with E-state index in [0.717, 1.165) is 5.56 Å². The van der Waals surface area contributed by atoms with Crippen LogP contribution < -0.4 is 5.32 Å². The Hall–Kier alpha value is -3.40. The molecular weight excluding hydrogens is 1230 g/mol. The van der Waals surface area contributed by atoms with Crippen molar-refractivity contribution in [2.24, 2.45) is 5.92 Å². The lowest BCUT2D eigenvalue weighted by molar-refractivity contribution is -0.138. The molecule has 2 amide bonds. The number of likely N-dealkylation sites (tertiary alicyclic amines) is 1. The lowest BCUT2D eigenvalue weighted by atomic mass is 9.94. The maximum atomic E-state index is 12.8. The molecule has 2 N–H and O–H groups in total. The van der Waals surface area contributed by atoms with Crippen molar-refractivity contribution in [1.29, 1.82) is 0 Å². The van der Waals surface area contributed by atoms with E-state index in [1.807, 2.05) is 6.07 Å². The van der Waals surface area contributed by atoms with E-state index in [2.05, 4.69) is 10.3 Å². The first kappa shape index (κ1) is 85.7. The van der Waals surface area contributed by atoms with E-state index in [9.17, 15) is 14.4 Å². The predicted octanol–water partition coefficient (Wildman–Crippen LogP) is 0.590. The lowest BCUT2D eigenvalue weighted by Crippen LogP contribution is -2.36. The molecule has 1 aromatic rings. The number of rotatable bonds is 77. The number of aliphatic carboxylic acids is 1. The van der Waals surface area contributed by atoms with Gasteiger partial charge < -0.3 is 129 Å². The molecule has 0 aliphatic carbocycles. The second-order valence-electron chi connectivity index (χ2n) is 19.7. The number of carbonyl (C=O) groups excluding carboxylic acids is 2. The minimum Gasteiger partial charge on any atom is -0.481 e. The Morgan fingerprint density at radius 2 is 0.591 bits per heavy atom. The van der Waals surface area contributed by atoms with Gasteiger partial charge >= 0.3 is 5.97 Å². The van der Waals surface area contributed by atoms with Crippen molar-refractivity contribution in [2.75, 3.05) is 331 Å². The number of nitrogens with zero attached hydrogens (tertiary/aromatic N) is 2. The van der Waals surface area contributed by atoms with Crippen molar-refractivity contribution in [3.8, 4) is 0 Å². The van der Waals surface area contributed by atoms with E-state index in [1.165, 1.54) is 0 Å². The van der Waals surface area contributed by atoms with Gasteiger partial charge in [0.05, 0.1) is 336 Å². The van der Waals surface area contributed by atoms with Crippen molar-refractivity contribution in [2.45, 2.75) is 18.9 Å². The number of nitrogens with one attached hydrogen (secondary N) is 1. The minimum atomic E-state index is -0.881. The standard InChI is InChI=1S/C62H113N3O28/c1-65-59(66)55-58(61(65)57-3-2-5-63-56-57)62(69)64-6-8-71-10-12-73-14-16-75-18-20-77-22-24-79-26-28-81-30-32-83-34-36-85-38-40-87-42-44-89-46-48-91-50-52-93-54-53-92-51-49-90-47-45-88-43-41-86-39-37-84-35-33-82-31-29-80-27-25-78-23-21-76-19-17-74-15-13-72-11-9-70-7-4-60(67)68/h2-3,5,56,58,61H,4,6-55H2,1H3,(H,64,69)(H,67,68)/t58-,61+/m0/s1. The number of carbonyl (C=O) groups is 3. The second kappa shape index (κ2) is 69.9. The van der Waals surface area contributed by atoms with Crippen LogP contribution in [0.3, 0.4) is 0 Å². The quantitative estimate of drug-likeness (QED) is 0.0843. The molecule has 1 aromatic heterocycles. The van der Waals surface area contributed by atoms with Crippen LogP contribution >= 0.6 is 0 Å². The van der Waals surface area contributed by atoms with E-state index in [0.29, 0.717) is 317 Å². The Balaban J connectivity index is 1.11. The topological polar surface area (TPSA) is 321 Å². The highest BCUT2D eigenvalue weighted by Gasteiger charge is 2.42. The molecule has 0 aromatic carbocycles. The summed E-state index contributed by atoms with van der Waals surface area (Å²) in [5.74, 6) is -1.59. The van der Waals surface area contributed by atoms with E-state index in [1.54, 1.807) is 30.4 Å². The summed E-state index contributed by atoms with van der Waals surface area (Å²) in [6.07, 6.45) is 3.52. The molecule has 0 spiro atoms. The highest BCUT2D eigenvalue weighted by Crippen LogP contribution is 2.36. The van der Waals surface area contributed by atoms with Crippen LogP contribution in [0.2, 0.25) is 0 Å². The second-order valence-corrected chi connectivity index (χ2v) is 19.7. The van der Waals surface area contributed by atoms with Crippen LogP contribution in [0, 0.1) is 5.92 Å². The number of amides is 2. The molecule has 1 saturated heterocycles. The Morgan fingerprint density at radius 3 is 0.796 bits per heavy atom. The van der Waals surface area contributed by atoms with E-state index >= 15 is 0 Å². The van der Waals surface area contributed by atoms with Crippen LogP contribution in [0.1, 0.15) is 24.4 Å². The number of carboxylic acid groups (broad SMARTS) is 1. The van der Waals surface area contributed by atoms with E-state index < -0.39 is 11.9 Å². The molecule has 2 rings (SSSR count). The third kappa shape index (κ3) is 58.5. The summed E-state index contributed by atoms with van der Waals surface area (Å²) in [4.78, 5) is 41.3. The molecule has 31 nitrogen and oxygen atoms in total. The Kier molecular flexibility index (Phi) is 64.4. The van der Waals surface area contributed by atoms with E-state index in [4.69, 9.17) is 119 Å². The van der Waals surface area contributed by atoms with Gasteiger partial charge in [-0.2, -0.15) is 0 Å². The number of hydrogen-bond acceptors (Lipinski definition) is 28. The third-order valence-corrected chi connectivity index (χ3v) is 12.5. The lowest BCUT2D eigenvalue weighted by Gasteiger charge is -2.24. The third-order valence-electron chi connectivity index (χ3n) is 12.5. The highest BCUT2D eigenvalue weighted by molar-refractivity contribution is 5.90. The monoisotopic (exact) mass is 1350 g/mol. The molecule has 0 saturated carbocycles. The Morgan fingerprint density at radius 1 is 0.376 bits per heavy atom. The van der Waals surface area contributed by atoms with Gasteiger partial charge in [-0.1, -0.05) is 6.07 Å². The average Bonchev–Trinajstić information content (AvgIpc) is 1.69. The van der Waals surface area contributed by atoms with Gasteiger partial charge in [0.1, 0.15) is 0 Å². The zero-order chi connectivity index (χ0) is 66.3. The van der Waals surface area contributed by atoms with Gasteiger partial charge in [0, 0.05) is 32.4 Å². The normalized spacial score (nSPS) is 14.1. The smallest absolute Gasteiger partial charge is 0.305 e. The molecular formula is C62H113N3O28. The Labute approximate surface area is 550 Å². The summed E-state index contributed by atoms with van der Waals surface area (Å²) in [5.41, 5.74) is 0.841. The number of aromatic nitrogens is 1. The average molecular weight is 1350 g/mol. The minimum absolute atomic E-state index is 0.0119. The summed E-state index contributed by atoms with van der Waals surface area (Å²) in [6, 6.07) is 3.35. The summed E-state index contributed by atoms with van der Waals surface area (Å²) in [6.45, 7) is 22.0. The molecule has 2 atom stereocenters. The van der Waals surface area contributed by atoms with Crippen LogP contribution in [0.25, 0.3) is 0 Å². The number of pyridine rings is 1. The first-order valence-corrected chi connectivity index (χ1v) is 32.5. The van der Waals surface area contributed by atoms with Crippen molar-refractivity contribution in [3.05, 3.63) is 30.1 Å². The van der Waals surface area contributed by atoms with Gasteiger partial charge in [-0.05, 0) is 11.6 Å². The van der Waals surface area contributed by atoms with Gasteiger partial charge in [0.2, 0.25) is 11.8 Å². The molecule has 1 aliphatic heterocycles. The first-order chi connectivity index (χ1) is 46.0. The molecule has 1 fully saturated rings. The summed E-state index contributed by atoms with van der Waals surface area (Å²) in [5, 5.41) is 11.4. The van der Waals surface area contributed by atoms with Gasteiger partial charge in [0.15, 0.2) is 0 Å². The highest BCUT2D eigenvalue weighted by atomic mass is 16.6. The maximum Gasteiger partial charge on any atom is 0.305 e. The number of ether oxygens (including phenoxy) is 24. The SMILES string of the molecule is CN1C(=O)C[C@H](C(=O)NCCOCCOCCOCCOCCOCCOCCOCCOCCOCCOCCOCCOCCOCCOCCOCCOCCOCCOCCOCCOCCOCCOCCOCCOCCC(=O)O)[C@H]1c1cccnc1. The van der Waals surface area contributed by atoms with Gasteiger partial charge in [-0.15, -0.1) is 0 Å². The molecule has 544 valence electrons. The number of hydrogen-bond donors (Lipinski definition) is 2. The van der Waals surface area contributed by atoms with Gasteiger partial charge in [-0.3, -0.25) is 19.4 Å². The van der Waals surface area contributed by atoms with Crippen molar-refractivity contribution in [3.63, 3.8) is 0 Å². The maximum absolute atomic E-state index is 12.8. The molecule has 31 heteroatoms. The predicted molar refractivity (Wildman–Crippen MR) is 333 cm³/mol. The zero-order valence-electron chi connectivity index (χ0n) is 55.4. The first-order valence-electron chi connectivity index (χ1n) is 32.5. The molecule has 0 bridgehead atoms. The van der Waals surface area contributed by atoms with Crippen LogP contribution in [-0.2, 0) is 128 Å². The van der Waals surface area contributed by atoms with Crippen LogP contribution in [0.4, 0.5) is 0 Å². The number of carboxylic acids is 1. The Bertz CT molecular complexity index is 1750. The zero-order valence-corrected chi connectivity index (χ0v) is 55.4. The van der Waals surface area contributed by atoms with Crippen LogP contribution in [-0.4, -0.2) is 363 Å². The van der Waals surface area contributed by atoms with Crippen molar-refractivity contribution in [1.82, 2.24) is 15.2 Å². The van der Waals surface area contributed by atoms with Crippen LogP contribution in [0.5, 0.6) is 0 Å². The molecule has 0 radical (unpaired) electrons. The summed E-state index contributed by atoms with van der Waals surface area (Å²) < 4.78 is 132. The fraction of sp³-hybridized carbons (Fsp3) is 0.871. The molecule has 93 heavy (non-hydrogen) atoms. The molecule has 0 unspecified atom stereocenters.